The highest BCUT2D eigenvalue weighted by Crippen LogP contribution is 2.18. The summed E-state index contributed by atoms with van der Waals surface area (Å²) >= 11 is 0. The van der Waals surface area contributed by atoms with E-state index in [0.29, 0.717) is 5.75 Å². The lowest BCUT2D eigenvalue weighted by molar-refractivity contribution is 0.252. The van der Waals surface area contributed by atoms with Gasteiger partial charge in [0.25, 0.3) is 0 Å². The number of amides is 2. The van der Waals surface area contributed by atoms with Crippen molar-refractivity contribution in [2.75, 3.05) is 7.11 Å². The van der Waals surface area contributed by atoms with Crippen LogP contribution < -0.4 is 10.1 Å². The van der Waals surface area contributed by atoms with Gasteiger partial charge in [0.1, 0.15) is 5.75 Å². The smallest absolute Gasteiger partial charge is 0.312 e. The van der Waals surface area contributed by atoms with Crippen molar-refractivity contribution >= 4 is 12.1 Å². The molecule has 1 aromatic rings. The van der Waals surface area contributed by atoms with Gasteiger partial charge in [-0.15, -0.1) is 0 Å². The first-order valence-electron chi connectivity index (χ1n) is 4.43. The van der Waals surface area contributed by atoms with E-state index in [1.165, 1.54) is 6.20 Å². The number of hydrogen-bond donors (Lipinski definition) is 1. The summed E-state index contributed by atoms with van der Waals surface area (Å²) in [6, 6.07) is 6.56. The van der Waals surface area contributed by atoms with Gasteiger partial charge in [0.15, 0.2) is 0 Å². The molecule has 0 bridgehead atoms. The number of benzene rings is 1. The van der Waals surface area contributed by atoms with E-state index in [9.17, 15) is 4.79 Å². The Kier molecular flexibility index (Phi) is 4.43. The molecular weight excluding hydrogens is 208 g/mol. The number of para-hydroxylation sites is 1. The predicted octanol–water partition coefficient (Wildman–Crippen LogP) is 2.69. The van der Waals surface area contributed by atoms with E-state index < -0.39 is 6.03 Å². The molecule has 0 aromatic heterocycles. The van der Waals surface area contributed by atoms with Crippen molar-refractivity contribution in [1.29, 1.82) is 0 Å². The van der Waals surface area contributed by atoms with Crippen LogP contribution in [0, 0.1) is 0 Å². The molecule has 1 N–H and O–H groups in total. The van der Waals surface area contributed by atoms with Crippen LogP contribution in [0.5, 0.6) is 5.75 Å². The highest BCUT2D eigenvalue weighted by atomic mass is 16.5. The van der Waals surface area contributed by atoms with Crippen molar-refractivity contribution in [2.24, 2.45) is 5.11 Å². The van der Waals surface area contributed by atoms with Crippen LogP contribution in [0.3, 0.4) is 0 Å². The van der Waals surface area contributed by atoms with Crippen molar-refractivity contribution in [3.05, 3.63) is 46.5 Å². The topological polar surface area (TPSA) is 87.1 Å². The molecular formula is C10H10N4O2. The molecule has 0 saturated heterocycles. The quantitative estimate of drug-likeness (QED) is 0.480. The van der Waals surface area contributed by atoms with E-state index in [1.54, 1.807) is 19.3 Å². The highest BCUT2D eigenvalue weighted by molar-refractivity contribution is 5.76. The van der Waals surface area contributed by atoms with Crippen molar-refractivity contribution in [3.8, 4) is 5.75 Å². The number of rotatable bonds is 3. The number of methoxy groups -OCH3 is 1. The Labute approximate surface area is 92.2 Å². The molecule has 0 unspecified atom stereocenters. The maximum absolute atomic E-state index is 10.8. The molecule has 2 amide bonds. The average molecular weight is 218 g/mol. The number of nitrogens with one attached hydrogen (secondary N) is 1. The van der Waals surface area contributed by atoms with Gasteiger partial charge >= 0.3 is 6.03 Å². The van der Waals surface area contributed by atoms with E-state index in [-0.39, 0.29) is 0 Å². The second-order valence-corrected chi connectivity index (χ2v) is 2.71. The fourth-order valence-electron chi connectivity index (χ4n) is 1.08. The fraction of sp³-hybridized carbons (Fsp3) is 0.100. The Morgan fingerprint density at radius 1 is 1.56 bits per heavy atom. The zero-order valence-electron chi connectivity index (χ0n) is 8.62. The van der Waals surface area contributed by atoms with Crippen molar-refractivity contribution in [3.63, 3.8) is 0 Å². The van der Waals surface area contributed by atoms with Gasteiger partial charge in [0.2, 0.25) is 0 Å². The lowest BCUT2D eigenvalue weighted by Crippen LogP contribution is -2.10. The summed E-state index contributed by atoms with van der Waals surface area (Å²) < 4.78 is 5.10. The zero-order chi connectivity index (χ0) is 11.8. The maximum atomic E-state index is 10.8. The summed E-state index contributed by atoms with van der Waals surface area (Å²) in [5.74, 6) is 0.691. The summed E-state index contributed by atoms with van der Waals surface area (Å²) in [4.78, 5) is 13.1. The first-order valence-corrected chi connectivity index (χ1v) is 4.43. The van der Waals surface area contributed by atoms with Crippen LogP contribution in [0.15, 0.2) is 35.6 Å². The Balaban J connectivity index is 2.69. The third kappa shape index (κ3) is 3.36. The highest BCUT2D eigenvalue weighted by Gasteiger charge is 1.96. The molecule has 0 atom stereocenters. The van der Waals surface area contributed by atoms with Gasteiger partial charge in [-0.1, -0.05) is 18.2 Å². The molecule has 0 radical (unpaired) electrons. The van der Waals surface area contributed by atoms with E-state index in [1.807, 2.05) is 18.2 Å². The van der Waals surface area contributed by atoms with Crippen molar-refractivity contribution < 1.29 is 9.53 Å². The largest absolute Gasteiger partial charge is 0.496 e. The van der Waals surface area contributed by atoms with Crippen LogP contribution in [-0.2, 0) is 0 Å². The maximum Gasteiger partial charge on any atom is 0.312 e. The first-order chi connectivity index (χ1) is 7.77. The molecule has 0 heterocycles. The van der Waals surface area contributed by atoms with Crippen LogP contribution in [-0.4, -0.2) is 13.1 Å². The fourth-order valence-corrected chi connectivity index (χ4v) is 1.08. The van der Waals surface area contributed by atoms with Gasteiger partial charge in [-0.3, -0.25) is 4.79 Å². The van der Waals surface area contributed by atoms with Crippen LogP contribution in [0.4, 0.5) is 4.79 Å². The first kappa shape index (κ1) is 11.6. The van der Waals surface area contributed by atoms with Crippen LogP contribution in [0.25, 0.3) is 16.5 Å². The number of urea groups is 1. The molecule has 6 nitrogen and oxygen atoms in total. The lowest BCUT2D eigenvalue weighted by atomic mass is 10.2. The molecule has 0 fully saturated rings. The van der Waals surface area contributed by atoms with Gasteiger partial charge in [0, 0.05) is 21.8 Å². The molecule has 0 aliphatic heterocycles. The van der Waals surface area contributed by atoms with Gasteiger partial charge < -0.3 is 10.1 Å². The second-order valence-electron chi connectivity index (χ2n) is 2.71. The van der Waals surface area contributed by atoms with Gasteiger partial charge in [-0.2, -0.15) is 0 Å². The minimum Gasteiger partial charge on any atom is -0.496 e. The molecule has 6 heteroatoms. The molecule has 0 spiro atoms. The minimum absolute atomic E-state index is 0.691. The van der Waals surface area contributed by atoms with Crippen LogP contribution in [0.1, 0.15) is 5.56 Å². The summed E-state index contributed by atoms with van der Waals surface area (Å²) in [5, 5.41) is 5.13. The van der Waals surface area contributed by atoms with Crippen molar-refractivity contribution in [1.82, 2.24) is 5.32 Å². The predicted molar refractivity (Wildman–Crippen MR) is 59.7 cm³/mol. The Morgan fingerprint density at radius 3 is 3.00 bits per heavy atom. The lowest BCUT2D eigenvalue weighted by Gasteiger charge is -2.02. The molecule has 82 valence electrons. The van der Waals surface area contributed by atoms with E-state index >= 15 is 0 Å². The van der Waals surface area contributed by atoms with E-state index in [2.05, 4.69) is 15.3 Å². The average Bonchev–Trinajstić information content (AvgIpc) is 2.30. The number of ether oxygens (including phenoxy) is 1. The zero-order valence-corrected chi connectivity index (χ0v) is 8.62. The number of carbonyl (C=O) groups is 1. The molecule has 16 heavy (non-hydrogen) atoms. The summed E-state index contributed by atoms with van der Waals surface area (Å²) in [6.07, 6.45) is 3.03. The number of hydrogen-bond acceptors (Lipinski definition) is 2. The second kappa shape index (κ2) is 6.10. The van der Waals surface area contributed by atoms with Crippen LogP contribution >= 0.6 is 0 Å². The van der Waals surface area contributed by atoms with Gasteiger partial charge in [-0.25, -0.2) is 0 Å². The normalized spacial score (nSPS) is 9.56. The number of azide groups is 1. The minimum atomic E-state index is -0.756. The van der Waals surface area contributed by atoms with E-state index in [0.717, 1.165) is 5.56 Å². The Morgan fingerprint density at radius 2 is 2.31 bits per heavy atom. The van der Waals surface area contributed by atoms with Crippen LogP contribution in [0.2, 0.25) is 0 Å². The standard InChI is InChI=1S/C10H10N4O2/c1-16-9-5-3-2-4-8(9)6-7-12-10(15)13-14-11/h2-7H,1H3,(H,12,15)/b7-6+. The van der Waals surface area contributed by atoms with Gasteiger partial charge in [0.05, 0.1) is 7.11 Å². The SMILES string of the molecule is COc1ccccc1/C=C/NC(=O)N=[N+]=[N-]. The molecule has 0 aliphatic rings. The molecule has 0 saturated carbocycles. The third-order valence-corrected chi connectivity index (χ3v) is 1.74. The molecule has 1 rings (SSSR count). The van der Waals surface area contributed by atoms with Crippen molar-refractivity contribution in [2.45, 2.75) is 0 Å². The summed E-state index contributed by atoms with van der Waals surface area (Å²) in [6.45, 7) is 0. The summed E-state index contributed by atoms with van der Waals surface area (Å²) in [7, 11) is 1.56. The number of nitrogens with zero attached hydrogens (tertiary/aromatic N) is 3. The third-order valence-electron chi connectivity index (χ3n) is 1.74. The molecule has 1 aromatic carbocycles. The number of carbonyl (C=O) groups excluding carboxylic acids is 1. The monoisotopic (exact) mass is 218 g/mol. The van der Waals surface area contributed by atoms with Gasteiger partial charge in [-0.05, 0) is 17.7 Å². The Bertz CT molecular complexity index is 450. The summed E-state index contributed by atoms with van der Waals surface area (Å²) in [5.41, 5.74) is 8.80. The van der Waals surface area contributed by atoms with E-state index in [4.69, 9.17) is 10.3 Å². The molecule has 0 aliphatic carbocycles. The Hall–Kier alpha value is -2.46.